The van der Waals surface area contributed by atoms with E-state index in [1.54, 1.807) is 32.0 Å². The number of fused-ring (bicyclic) bond motifs is 1. The van der Waals surface area contributed by atoms with Crippen molar-refractivity contribution >= 4 is 17.5 Å². The summed E-state index contributed by atoms with van der Waals surface area (Å²) in [6.07, 6.45) is 7.85. The van der Waals surface area contributed by atoms with E-state index in [1.165, 1.54) is 18.4 Å². The Morgan fingerprint density at radius 3 is 2.69 bits per heavy atom. The maximum atomic E-state index is 12.6. The van der Waals surface area contributed by atoms with E-state index < -0.39 is 5.41 Å². The Hall–Kier alpha value is -2.50. The monoisotopic (exact) mass is 358 g/mol. The van der Waals surface area contributed by atoms with Gasteiger partial charge in [0, 0.05) is 18.3 Å². The van der Waals surface area contributed by atoms with E-state index in [0.717, 1.165) is 19.3 Å². The van der Waals surface area contributed by atoms with Gasteiger partial charge < -0.3 is 20.1 Å². The summed E-state index contributed by atoms with van der Waals surface area (Å²) in [7, 11) is 0. The Morgan fingerprint density at radius 2 is 1.92 bits per heavy atom. The molecule has 0 radical (unpaired) electrons. The summed E-state index contributed by atoms with van der Waals surface area (Å²) in [6, 6.07) is 5.17. The second-order valence-electron chi connectivity index (χ2n) is 7.26. The Morgan fingerprint density at radius 1 is 1.12 bits per heavy atom. The number of hydrogen-bond donors (Lipinski definition) is 2. The molecule has 0 fully saturated rings. The summed E-state index contributed by atoms with van der Waals surface area (Å²) in [5.41, 5.74) is 0.809. The quantitative estimate of drug-likeness (QED) is 0.604. The van der Waals surface area contributed by atoms with Crippen LogP contribution in [-0.2, 0) is 9.59 Å². The Balaban J connectivity index is 1.53. The van der Waals surface area contributed by atoms with E-state index in [0.29, 0.717) is 23.7 Å². The standard InChI is InChI=1S/C20H26N2O4/c1-20(2,18(23)21-11-10-14-6-4-3-5-7-14)19(24)22-15-8-9-16-17(12-15)26-13-25-16/h6,8-9,12H,3-5,7,10-11,13H2,1-2H3,(H,21,23)(H,22,24). The molecule has 0 bridgehead atoms. The van der Waals surface area contributed by atoms with E-state index in [9.17, 15) is 9.59 Å². The van der Waals surface area contributed by atoms with Gasteiger partial charge in [0.05, 0.1) is 0 Å². The fourth-order valence-electron chi connectivity index (χ4n) is 3.05. The first kappa shape index (κ1) is 18.3. The predicted octanol–water partition coefficient (Wildman–Crippen LogP) is 3.39. The van der Waals surface area contributed by atoms with Gasteiger partial charge in [0.25, 0.3) is 0 Å². The fourth-order valence-corrected chi connectivity index (χ4v) is 3.05. The van der Waals surface area contributed by atoms with Crippen LogP contribution in [0.15, 0.2) is 29.8 Å². The van der Waals surface area contributed by atoms with E-state index in [4.69, 9.17) is 9.47 Å². The zero-order valence-corrected chi connectivity index (χ0v) is 15.4. The molecule has 0 unspecified atom stereocenters. The third kappa shape index (κ3) is 4.18. The maximum absolute atomic E-state index is 12.6. The molecule has 0 aromatic heterocycles. The minimum Gasteiger partial charge on any atom is -0.454 e. The number of allylic oxidation sites excluding steroid dienone is 1. The Bertz CT molecular complexity index is 725. The summed E-state index contributed by atoms with van der Waals surface area (Å²) >= 11 is 0. The number of anilines is 1. The molecule has 1 heterocycles. The van der Waals surface area contributed by atoms with Crippen LogP contribution in [0.4, 0.5) is 5.69 Å². The zero-order chi connectivity index (χ0) is 18.6. The number of benzene rings is 1. The summed E-state index contributed by atoms with van der Waals surface area (Å²) < 4.78 is 10.6. The third-order valence-corrected chi connectivity index (χ3v) is 4.88. The molecule has 140 valence electrons. The zero-order valence-electron chi connectivity index (χ0n) is 15.4. The van der Waals surface area contributed by atoms with Gasteiger partial charge >= 0.3 is 0 Å². The molecule has 1 aromatic rings. The second kappa shape index (κ2) is 7.81. The van der Waals surface area contributed by atoms with E-state index in [-0.39, 0.29) is 18.6 Å². The first-order chi connectivity index (χ1) is 12.5. The highest BCUT2D eigenvalue weighted by atomic mass is 16.7. The molecular formula is C20H26N2O4. The van der Waals surface area contributed by atoms with E-state index >= 15 is 0 Å². The lowest BCUT2D eigenvalue weighted by Crippen LogP contribution is -2.45. The highest BCUT2D eigenvalue weighted by Gasteiger charge is 2.36. The predicted molar refractivity (Wildman–Crippen MR) is 99.2 cm³/mol. The van der Waals surface area contributed by atoms with Crippen molar-refractivity contribution in [3.05, 3.63) is 29.8 Å². The molecule has 2 amide bonds. The van der Waals surface area contributed by atoms with Crippen molar-refractivity contribution in [1.82, 2.24) is 5.32 Å². The molecule has 0 atom stereocenters. The lowest BCUT2D eigenvalue weighted by Gasteiger charge is -2.23. The largest absolute Gasteiger partial charge is 0.454 e. The molecule has 2 N–H and O–H groups in total. The van der Waals surface area contributed by atoms with Crippen LogP contribution in [0.1, 0.15) is 46.0 Å². The van der Waals surface area contributed by atoms with Crippen LogP contribution in [-0.4, -0.2) is 25.2 Å². The van der Waals surface area contributed by atoms with Gasteiger partial charge in [-0.25, -0.2) is 0 Å². The Labute approximate surface area is 153 Å². The second-order valence-corrected chi connectivity index (χ2v) is 7.26. The van der Waals surface area contributed by atoms with Crippen molar-refractivity contribution in [2.24, 2.45) is 5.41 Å². The molecule has 0 saturated carbocycles. The van der Waals surface area contributed by atoms with Gasteiger partial charge in [0.2, 0.25) is 18.6 Å². The van der Waals surface area contributed by atoms with Crippen molar-refractivity contribution in [3.8, 4) is 11.5 Å². The third-order valence-electron chi connectivity index (χ3n) is 4.88. The molecule has 0 spiro atoms. The van der Waals surface area contributed by atoms with Crippen LogP contribution in [0.2, 0.25) is 0 Å². The maximum Gasteiger partial charge on any atom is 0.239 e. The van der Waals surface area contributed by atoms with Gasteiger partial charge in [0.1, 0.15) is 5.41 Å². The molecule has 3 rings (SSSR count). The molecular weight excluding hydrogens is 332 g/mol. The molecule has 1 aliphatic heterocycles. The lowest BCUT2D eigenvalue weighted by molar-refractivity contribution is -0.138. The highest BCUT2D eigenvalue weighted by molar-refractivity contribution is 6.09. The molecule has 6 heteroatoms. The SMILES string of the molecule is CC(C)(C(=O)NCCC1=CCCCC1)C(=O)Nc1ccc2c(c1)OCO2. The number of hydrogen-bond acceptors (Lipinski definition) is 4. The molecule has 1 aromatic carbocycles. The smallest absolute Gasteiger partial charge is 0.239 e. The number of rotatable bonds is 6. The number of nitrogens with one attached hydrogen (secondary N) is 2. The van der Waals surface area contributed by atoms with Crippen LogP contribution in [0, 0.1) is 5.41 Å². The van der Waals surface area contributed by atoms with Gasteiger partial charge in [-0.1, -0.05) is 11.6 Å². The minimum atomic E-state index is -1.17. The van der Waals surface area contributed by atoms with Crippen LogP contribution < -0.4 is 20.1 Å². The van der Waals surface area contributed by atoms with Crippen LogP contribution >= 0.6 is 0 Å². The number of carbonyl (C=O) groups is 2. The van der Waals surface area contributed by atoms with Crippen LogP contribution in [0.25, 0.3) is 0 Å². The van der Waals surface area contributed by atoms with Gasteiger partial charge in [0.15, 0.2) is 11.5 Å². The Kier molecular flexibility index (Phi) is 5.49. The van der Waals surface area contributed by atoms with E-state index in [1.807, 2.05) is 0 Å². The average molecular weight is 358 g/mol. The molecule has 26 heavy (non-hydrogen) atoms. The summed E-state index contributed by atoms with van der Waals surface area (Å²) in [4.78, 5) is 25.1. The van der Waals surface area contributed by atoms with Crippen molar-refractivity contribution in [2.75, 3.05) is 18.7 Å². The first-order valence-corrected chi connectivity index (χ1v) is 9.14. The van der Waals surface area contributed by atoms with Gasteiger partial charge in [-0.2, -0.15) is 0 Å². The van der Waals surface area contributed by atoms with Gasteiger partial charge in [-0.3, -0.25) is 9.59 Å². The summed E-state index contributed by atoms with van der Waals surface area (Å²) in [5.74, 6) is 0.612. The lowest BCUT2D eigenvalue weighted by atomic mass is 9.90. The molecule has 1 aliphatic carbocycles. The van der Waals surface area contributed by atoms with Crippen LogP contribution in [0.3, 0.4) is 0 Å². The number of carbonyl (C=O) groups excluding carboxylic acids is 2. The molecule has 2 aliphatic rings. The van der Waals surface area contributed by atoms with Gasteiger partial charge in [-0.05, 0) is 58.1 Å². The van der Waals surface area contributed by atoms with E-state index in [2.05, 4.69) is 16.7 Å². The highest BCUT2D eigenvalue weighted by Crippen LogP contribution is 2.34. The number of amides is 2. The summed E-state index contributed by atoms with van der Waals surface area (Å²) in [6.45, 7) is 4.00. The van der Waals surface area contributed by atoms with Gasteiger partial charge in [-0.15, -0.1) is 0 Å². The number of ether oxygens (including phenoxy) is 2. The van der Waals surface area contributed by atoms with Crippen molar-refractivity contribution < 1.29 is 19.1 Å². The minimum absolute atomic E-state index is 0.178. The molecule has 0 saturated heterocycles. The normalized spacial score (nSPS) is 16.0. The van der Waals surface area contributed by atoms with Crippen LogP contribution in [0.5, 0.6) is 11.5 Å². The summed E-state index contributed by atoms with van der Waals surface area (Å²) in [5, 5.41) is 5.68. The first-order valence-electron chi connectivity index (χ1n) is 9.14. The topological polar surface area (TPSA) is 76.7 Å². The van der Waals surface area contributed by atoms with Crippen molar-refractivity contribution in [1.29, 1.82) is 0 Å². The molecule has 6 nitrogen and oxygen atoms in total. The van der Waals surface area contributed by atoms with Crippen molar-refractivity contribution in [3.63, 3.8) is 0 Å². The van der Waals surface area contributed by atoms with Crippen molar-refractivity contribution in [2.45, 2.75) is 46.0 Å². The average Bonchev–Trinajstić information content (AvgIpc) is 3.10. The fraction of sp³-hybridized carbons (Fsp3) is 0.500.